The molecule has 23 heavy (non-hydrogen) atoms. The lowest BCUT2D eigenvalue weighted by molar-refractivity contribution is 0.102. The molecule has 0 unspecified atom stereocenters. The number of anilines is 1. The predicted octanol–water partition coefficient (Wildman–Crippen LogP) is 3.54. The molecule has 0 saturated heterocycles. The Hall–Kier alpha value is -2.66. The first-order chi connectivity index (χ1) is 11.1. The molecule has 2 aromatic carbocycles. The smallest absolute Gasteiger partial charge is 0.255 e. The molecule has 1 aromatic heterocycles. The summed E-state index contributed by atoms with van der Waals surface area (Å²) in [5.74, 6) is -0.176. The van der Waals surface area contributed by atoms with Gasteiger partial charge in [0.05, 0.1) is 6.54 Å². The lowest BCUT2D eigenvalue weighted by atomic mass is 10.1. The Labute approximate surface area is 138 Å². The molecule has 0 saturated carbocycles. The van der Waals surface area contributed by atoms with E-state index in [-0.39, 0.29) is 5.91 Å². The Kier molecular flexibility index (Phi) is 4.39. The summed E-state index contributed by atoms with van der Waals surface area (Å²) in [5.41, 5.74) is 3.20. The molecule has 0 spiro atoms. The number of nitrogens with zero attached hydrogens (tertiary/aromatic N) is 3. The lowest BCUT2D eigenvalue weighted by Crippen LogP contribution is -2.12. The molecule has 3 aromatic rings. The molecule has 116 valence electrons. The van der Waals surface area contributed by atoms with E-state index in [9.17, 15) is 4.79 Å². The second-order valence-corrected chi connectivity index (χ2v) is 5.62. The van der Waals surface area contributed by atoms with Crippen LogP contribution in [0.15, 0.2) is 55.1 Å². The second-order valence-electron chi connectivity index (χ2n) is 5.21. The summed E-state index contributed by atoms with van der Waals surface area (Å²) in [6.45, 7) is 2.49. The summed E-state index contributed by atoms with van der Waals surface area (Å²) in [6, 6.07) is 12.9. The van der Waals surface area contributed by atoms with Crippen molar-refractivity contribution < 1.29 is 4.79 Å². The van der Waals surface area contributed by atoms with E-state index in [1.54, 1.807) is 23.1 Å². The summed E-state index contributed by atoms with van der Waals surface area (Å²) in [6.07, 6.45) is 3.12. The zero-order chi connectivity index (χ0) is 16.2. The zero-order valence-corrected chi connectivity index (χ0v) is 13.3. The summed E-state index contributed by atoms with van der Waals surface area (Å²) in [4.78, 5) is 16.3. The minimum atomic E-state index is -0.176. The first-order valence-corrected chi connectivity index (χ1v) is 7.48. The number of amides is 1. The lowest BCUT2D eigenvalue weighted by Gasteiger charge is -2.08. The van der Waals surface area contributed by atoms with E-state index in [0.717, 1.165) is 11.1 Å². The minimum Gasteiger partial charge on any atom is -0.322 e. The highest BCUT2D eigenvalue weighted by Gasteiger charge is 2.08. The normalized spacial score (nSPS) is 10.5. The molecule has 0 aliphatic rings. The average Bonchev–Trinajstić information content (AvgIpc) is 3.04. The highest BCUT2D eigenvalue weighted by atomic mass is 35.5. The first kappa shape index (κ1) is 15.2. The maximum atomic E-state index is 12.4. The number of aryl methyl sites for hydroxylation is 1. The van der Waals surface area contributed by atoms with Crippen LogP contribution in [0.2, 0.25) is 5.02 Å². The number of benzene rings is 2. The molecule has 0 fully saturated rings. The van der Waals surface area contributed by atoms with Crippen molar-refractivity contribution in [3.8, 4) is 0 Å². The van der Waals surface area contributed by atoms with Crippen molar-refractivity contribution in [3.05, 3.63) is 76.8 Å². The second kappa shape index (κ2) is 6.62. The topological polar surface area (TPSA) is 59.8 Å². The molecule has 6 heteroatoms. The Balaban J connectivity index is 1.75. The molecule has 3 rings (SSSR count). The van der Waals surface area contributed by atoms with E-state index in [4.69, 9.17) is 11.6 Å². The van der Waals surface area contributed by atoms with Crippen LogP contribution in [0.25, 0.3) is 0 Å². The third-order valence-corrected chi connectivity index (χ3v) is 3.84. The van der Waals surface area contributed by atoms with Crippen LogP contribution in [0.1, 0.15) is 21.5 Å². The molecule has 1 amide bonds. The summed E-state index contributed by atoms with van der Waals surface area (Å²) in [5, 5.41) is 7.54. The molecule has 0 aliphatic carbocycles. The van der Waals surface area contributed by atoms with Crippen LogP contribution in [-0.4, -0.2) is 20.7 Å². The molecule has 0 bridgehead atoms. The quantitative estimate of drug-likeness (QED) is 0.797. The molecular weight excluding hydrogens is 312 g/mol. The van der Waals surface area contributed by atoms with Crippen LogP contribution >= 0.6 is 11.6 Å². The van der Waals surface area contributed by atoms with Gasteiger partial charge in [-0.3, -0.25) is 4.79 Å². The molecule has 0 atom stereocenters. The third kappa shape index (κ3) is 3.76. The largest absolute Gasteiger partial charge is 0.322 e. The monoisotopic (exact) mass is 326 g/mol. The van der Waals surface area contributed by atoms with Gasteiger partial charge in [0, 0.05) is 16.3 Å². The van der Waals surface area contributed by atoms with Crippen molar-refractivity contribution >= 4 is 23.2 Å². The molecule has 1 N–H and O–H groups in total. The maximum Gasteiger partial charge on any atom is 0.255 e. The Bertz CT molecular complexity index is 830. The van der Waals surface area contributed by atoms with Crippen molar-refractivity contribution in [3.63, 3.8) is 0 Å². The summed E-state index contributed by atoms with van der Waals surface area (Å²) >= 11 is 6.08. The van der Waals surface area contributed by atoms with Gasteiger partial charge in [0.1, 0.15) is 12.7 Å². The van der Waals surface area contributed by atoms with Gasteiger partial charge in [0.15, 0.2) is 0 Å². The van der Waals surface area contributed by atoms with Crippen LogP contribution in [0.3, 0.4) is 0 Å². The highest BCUT2D eigenvalue weighted by molar-refractivity contribution is 6.31. The molecule has 1 heterocycles. The molecule has 5 nitrogen and oxygen atoms in total. The Morgan fingerprint density at radius 3 is 2.87 bits per heavy atom. The Morgan fingerprint density at radius 1 is 1.26 bits per heavy atom. The third-order valence-electron chi connectivity index (χ3n) is 3.43. The fourth-order valence-corrected chi connectivity index (χ4v) is 2.37. The van der Waals surface area contributed by atoms with Gasteiger partial charge in [-0.25, -0.2) is 9.67 Å². The maximum absolute atomic E-state index is 12.4. The van der Waals surface area contributed by atoms with Gasteiger partial charge in [-0.05, 0) is 42.3 Å². The van der Waals surface area contributed by atoms with Crippen LogP contribution in [0.5, 0.6) is 0 Å². The fraction of sp³-hybridized carbons (Fsp3) is 0.118. The number of aromatic nitrogens is 3. The predicted molar refractivity (Wildman–Crippen MR) is 89.7 cm³/mol. The number of hydrogen-bond donors (Lipinski definition) is 1. The van der Waals surface area contributed by atoms with Gasteiger partial charge in [-0.1, -0.05) is 29.8 Å². The number of nitrogens with one attached hydrogen (secondary N) is 1. The van der Waals surface area contributed by atoms with Gasteiger partial charge in [-0.15, -0.1) is 0 Å². The van der Waals surface area contributed by atoms with Crippen molar-refractivity contribution in [1.82, 2.24) is 14.8 Å². The van der Waals surface area contributed by atoms with Gasteiger partial charge < -0.3 is 5.32 Å². The minimum absolute atomic E-state index is 0.176. The highest BCUT2D eigenvalue weighted by Crippen LogP contribution is 2.20. The SMILES string of the molecule is Cc1ccc(NC(=O)c2cccc(Cn3cncn3)c2)cc1Cl. The number of carbonyl (C=O) groups is 1. The van der Waals surface area contributed by atoms with Crippen LogP contribution in [0.4, 0.5) is 5.69 Å². The van der Waals surface area contributed by atoms with Crippen LogP contribution in [0, 0.1) is 6.92 Å². The van der Waals surface area contributed by atoms with Crippen molar-refractivity contribution in [2.45, 2.75) is 13.5 Å². The van der Waals surface area contributed by atoms with Gasteiger partial charge >= 0.3 is 0 Å². The van der Waals surface area contributed by atoms with E-state index in [0.29, 0.717) is 22.8 Å². The van der Waals surface area contributed by atoms with Gasteiger partial charge in [0.25, 0.3) is 5.91 Å². The van der Waals surface area contributed by atoms with Crippen LogP contribution < -0.4 is 5.32 Å². The zero-order valence-electron chi connectivity index (χ0n) is 12.5. The van der Waals surface area contributed by atoms with E-state index in [2.05, 4.69) is 15.4 Å². The van der Waals surface area contributed by atoms with Crippen molar-refractivity contribution in [2.24, 2.45) is 0 Å². The van der Waals surface area contributed by atoms with E-state index < -0.39 is 0 Å². The van der Waals surface area contributed by atoms with Crippen LogP contribution in [-0.2, 0) is 6.54 Å². The van der Waals surface area contributed by atoms with E-state index >= 15 is 0 Å². The number of rotatable bonds is 4. The van der Waals surface area contributed by atoms with E-state index in [1.165, 1.54) is 6.33 Å². The van der Waals surface area contributed by atoms with Gasteiger partial charge in [-0.2, -0.15) is 5.10 Å². The summed E-state index contributed by atoms with van der Waals surface area (Å²) in [7, 11) is 0. The van der Waals surface area contributed by atoms with Crippen molar-refractivity contribution in [1.29, 1.82) is 0 Å². The van der Waals surface area contributed by atoms with E-state index in [1.807, 2.05) is 37.3 Å². The molecular formula is C17H15ClN4O. The molecule has 0 radical (unpaired) electrons. The standard InChI is InChI=1S/C17H15ClN4O/c1-12-5-6-15(8-16(12)18)21-17(23)14-4-2-3-13(7-14)9-22-11-19-10-20-22/h2-8,10-11H,9H2,1H3,(H,21,23). The average molecular weight is 327 g/mol. The number of halogens is 1. The summed E-state index contributed by atoms with van der Waals surface area (Å²) < 4.78 is 1.71. The first-order valence-electron chi connectivity index (χ1n) is 7.11. The fourth-order valence-electron chi connectivity index (χ4n) is 2.19. The number of hydrogen-bond acceptors (Lipinski definition) is 3. The van der Waals surface area contributed by atoms with Gasteiger partial charge in [0.2, 0.25) is 0 Å². The van der Waals surface area contributed by atoms with Crippen molar-refractivity contribution in [2.75, 3.05) is 5.32 Å². The number of carbonyl (C=O) groups excluding carboxylic acids is 1. The Morgan fingerprint density at radius 2 is 2.13 bits per heavy atom. The molecule has 0 aliphatic heterocycles.